The molecule has 0 bridgehead atoms. The van der Waals surface area contributed by atoms with Crippen LogP contribution >= 0.6 is 11.3 Å². The Balaban J connectivity index is 2.28. The minimum Gasteiger partial charge on any atom is -0.465 e. The zero-order chi connectivity index (χ0) is 14.7. The molecule has 0 aliphatic carbocycles. The van der Waals surface area contributed by atoms with Crippen LogP contribution in [-0.4, -0.2) is 26.2 Å². The summed E-state index contributed by atoms with van der Waals surface area (Å²) in [5.74, 6) is 0.285. The quantitative estimate of drug-likeness (QED) is 0.867. The second-order valence-electron chi connectivity index (χ2n) is 4.97. The summed E-state index contributed by atoms with van der Waals surface area (Å²) >= 11 is 1.26. The van der Waals surface area contributed by atoms with Gasteiger partial charge in [0, 0.05) is 13.1 Å². The van der Waals surface area contributed by atoms with E-state index in [1.165, 1.54) is 24.9 Å². The van der Waals surface area contributed by atoms with Crippen LogP contribution in [0.25, 0.3) is 0 Å². The average Bonchev–Trinajstić information content (AvgIpc) is 2.83. The number of carbonyl (C=O) groups is 1. The van der Waals surface area contributed by atoms with Crippen LogP contribution in [0.1, 0.15) is 41.4 Å². The standard InChI is InChI=1S/C14H19N3O2S/c1-3-9-4-6-17(7-5-9)13-10(8-15)11(16)12(20-13)14(18)19-2/h9H,3-7,16H2,1-2H3. The van der Waals surface area contributed by atoms with Crippen molar-refractivity contribution in [1.82, 2.24) is 0 Å². The van der Waals surface area contributed by atoms with Crippen molar-refractivity contribution in [3.63, 3.8) is 0 Å². The zero-order valence-electron chi connectivity index (χ0n) is 11.8. The van der Waals surface area contributed by atoms with Crippen LogP contribution in [-0.2, 0) is 4.74 Å². The van der Waals surface area contributed by atoms with E-state index in [-0.39, 0.29) is 5.69 Å². The van der Waals surface area contributed by atoms with Crippen molar-refractivity contribution in [3.8, 4) is 6.07 Å². The number of nitrogens with zero attached hydrogens (tertiary/aromatic N) is 2. The molecule has 2 heterocycles. The van der Waals surface area contributed by atoms with E-state index in [1.54, 1.807) is 0 Å². The highest BCUT2D eigenvalue weighted by atomic mass is 32.1. The molecule has 0 saturated carbocycles. The number of nitrogen functional groups attached to an aromatic ring is 1. The van der Waals surface area contributed by atoms with Crippen LogP contribution in [0.2, 0.25) is 0 Å². The maximum Gasteiger partial charge on any atom is 0.350 e. The number of thiophene rings is 1. The lowest BCUT2D eigenvalue weighted by molar-refractivity contribution is 0.0607. The molecule has 1 aromatic rings. The van der Waals surface area contributed by atoms with Gasteiger partial charge in [-0.25, -0.2) is 4.79 Å². The Morgan fingerprint density at radius 2 is 2.20 bits per heavy atom. The lowest BCUT2D eigenvalue weighted by Crippen LogP contribution is -2.33. The predicted molar refractivity (Wildman–Crippen MR) is 80.0 cm³/mol. The van der Waals surface area contributed by atoms with E-state index in [1.807, 2.05) is 0 Å². The Bertz CT molecular complexity index is 539. The van der Waals surface area contributed by atoms with Crippen molar-refractivity contribution in [2.45, 2.75) is 26.2 Å². The van der Waals surface area contributed by atoms with Gasteiger partial charge in [-0.05, 0) is 18.8 Å². The van der Waals surface area contributed by atoms with Gasteiger partial charge in [-0.15, -0.1) is 11.3 Å². The molecule has 2 rings (SSSR count). The highest BCUT2D eigenvalue weighted by Crippen LogP contribution is 2.39. The first-order valence-corrected chi connectivity index (χ1v) is 7.59. The van der Waals surface area contributed by atoms with E-state index in [0.29, 0.717) is 10.4 Å². The third kappa shape index (κ3) is 2.59. The molecule has 20 heavy (non-hydrogen) atoms. The number of carbonyl (C=O) groups excluding carboxylic acids is 1. The van der Waals surface area contributed by atoms with Gasteiger partial charge in [-0.1, -0.05) is 13.3 Å². The molecule has 1 saturated heterocycles. The fourth-order valence-electron chi connectivity index (χ4n) is 2.55. The molecule has 0 radical (unpaired) electrons. The van der Waals surface area contributed by atoms with Crippen LogP contribution in [0.5, 0.6) is 0 Å². The van der Waals surface area contributed by atoms with Crippen molar-refractivity contribution in [2.24, 2.45) is 5.92 Å². The lowest BCUT2D eigenvalue weighted by atomic mass is 9.94. The Kier molecular flexibility index (Phi) is 4.50. The summed E-state index contributed by atoms with van der Waals surface area (Å²) in [6, 6.07) is 2.12. The maximum absolute atomic E-state index is 11.7. The van der Waals surface area contributed by atoms with Crippen LogP contribution < -0.4 is 10.6 Å². The van der Waals surface area contributed by atoms with E-state index in [4.69, 9.17) is 10.5 Å². The second kappa shape index (κ2) is 6.14. The summed E-state index contributed by atoms with van der Waals surface area (Å²) in [4.78, 5) is 14.2. The van der Waals surface area contributed by atoms with Crippen LogP contribution in [0, 0.1) is 17.2 Å². The lowest BCUT2D eigenvalue weighted by Gasteiger charge is -2.32. The molecular weight excluding hydrogens is 274 g/mol. The molecular formula is C14H19N3O2S. The van der Waals surface area contributed by atoms with Crippen LogP contribution in [0.4, 0.5) is 10.7 Å². The molecule has 1 aliphatic rings. The van der Waals surface area contributed by atoms with Gasteiger partial charge in [0.25, 0.3) is 0 Å². The molecule has 1 aromatic heterocycles. The first-order chi connectivity index (χ1) is 9.62. The SMILES string of the molecule is CCC1CCN(c2sc(C(=O)OC)c(N)c2C#N)CC1. The predicted octanol–water partition coefficient (Wildman–Crippen LogP) is 2.61. The number of nitriles is 1. The fourth-order valence-corrected chi connectivity index (χ4v) is 3.69. The second-order valence-corrected chi connectivity index (χ2v) is 5.97. The average molecular weight is 293 g/mol. The normalized spacial score (nSPS) is 15.9. The number of rotatable bonds is 3. The number of piperidine rings is 1. The molecule has 0 spiro atoms. The molecule has 0 aromatic carbocycles. The molecule has 2 N–H and O–H groups in total. The number of anilines is 2. The summed E-state index contributed by atoms with van der Waals surface area (Å²) in [7, 11) is 1.32. The molecule has 0 atom stereocenters. The monoisotopic (exact) mass is 293 g/mol. The molecule has 108 valence electrons. The smallest absolute Gasteiger partial charge is 0.350 e. The Morgan fingerprint density at radius 3 is 2.70 bits per heavy atom. The topological polar surface area (TPSA) is 79.3 Å². The number of hydrogen-bond acceptors (Lipinski definition) is 6. The van der Waals surface area contributed by atoms with E-state index in [9.17, 15) is 10.1 Å². The maximum atomic E-state index is 11.7. The van der Waals surface area contributed by atoms with Gasteiger partial charge < -0.3 is 15.4 Å². The Hall–Kier alpha value is -1.74. The number of methoxy groups -OCH3 is 1. The summed E-state index contributed by atoms with van der Waals surface area (Å²) in [6.45, 7) is 4.03. The third-order valence-corrected chi connectivity index (χ3v) is 5.13. The highest BCUT2D eigenvalue weighted by molar-refractivity contribution is 7.18. The molecule has 5 nitrogen and oxygen atoms in total. The van der Waals surface area contributed by atoms with Crippen molar-refractivity contribution >= 4 is 28.0 Å². The number of nitrogens with two attached hydrogens (primary N) is 1. The fraction of sp³-hybridized carbons (Fsp3) is 0.571. The Morgan fingerprint density at radius 1 is 1.55 bits per heavy atom. The minimum atomic E-state index is -0.473. The molecule has 0 unspecified atom stereocenters. The third-order valence-electron chi connectivity index (χ3n) is 3.89. The first kappa shape index (κ1) is 14.7. The van der Waals surface area contributed by atoms with E-state index in [2.05, 4.69) is 17.9 Å². The van der Waals surface area contributed by atoms with Gasteiger partial charge in [0.2, 0.25) is 0 Å². The molecule has 0 amide bonds. The number of ether oxygens (including phenoxy) is 1. The van der Waals surface area contributed by atoms with Crippen LogP contribution in [0.3, 0.4) is 0 Å². The van der Waals surface area contributed by atoms with Gasteiger partial charge in [-0.3, -0.25) is 0 Å². The van der Waals surface area contributed by atoms with Crippen molar-refractivity contribution < 1.29 is 9.53 Å². The van der Waals surface area contributed by atoms with E-state index < -0.39 is 5.97 Å². The van der Waals surface area contributed by atoms with Crippen molar-refractivity contribution in [3.05, 3.63) is 10.4 Å². The molecule has 1 fully saturated rings. The Labute approximate surface area is 122 Å². The molecule has 1 aliphatic heterocycles. The van der Waals surface area contributed by atoms with Gasteiger partial charge in [0.15, 0.2) is 0 Å². The minimum absolute atomic E-state index is 0.247. The van der Waals surface area contributed by atoms with Crippen LogP contribution in [0.15, 0.2) is 0 Å². The number of esters is 1. The van der Waals surface area contributed by atoms with Gasteiger partial charge in [0.05, 0.1) is 12.8 Å². The first-order valence-electron chi connectivity index (χ1n) is 6.77. The number of hydrogen-bond donors (Lipinski definition) is 1. The van der Waals surface area contributed by atoms with E-state index >= 15 is 0 Å². The van der Waals surface area contributed by atoms with Crippen molar-refractivity contribution in [1.29, 1.82) is 5.26 Å². The summed E-state index contributed by atoms with van der Waals surface area (Å²) in [5.41, 5.74) is 6.57. The van der Waals surface area contributed by atoms with E-state index in [0.717, 1.165) is 36.9 Å². The summed E-state index contributed by atoms with van der Waals surface area (Å²) < 4.78 is 4.72. The zero-order valence-corrected chi connectivity index (χ0v) is 12.6. The van der Waals surface area contributed by atoms with Gasteiger partial charge >= 0.3 is 5.97 Å². The summed E-state index contributed by atoms with van der Waals surface area (Å²) in [5, 5.41) is 10.1. The largest absolute Gasteiger partial charge is 0.465 e. The highest BCUT2D eigenvalue weighted by Gasteiger charge is 2.27. The van der Waals surface area contributed by atoms with Gasteiger partial charge in [0.1, 0.15) is 21.5 Å². The van der Waals surface area contributed by atoms with Crippen molar-refractivity contribution in [2.75, 3.05) is 30.8 Å². The molecule has 6 heteroatoms. The summed E-state index contributed by atoms with van der Waals surface area (Å²) in [6.07, 6.45) is 3.43. The van der Waals surface area contributed by atoms with Gasteiger partial charge in [-0.2, -0.15) is 5.26 Å².